The van der Waals surface area contributed by atoms with Crippen molar-refractivity contribution < 1.29 is 4.79 Å². The van der Waals surface area contributed by atoms with Crippen molar-refractivity contribution in [2.75, 3.05) is 31.5 Å². The minimum Gasteiger partial charge on any atom is -0.325 e. The number of aryl methyl sites for hydroxylation is 1. The Morgan fingerprint density at radius 2 is 2.29 bits per heavy atom. The molecule has 0 spiro atoms. The van der Waals surface area contributed by atoms with E-state index in [-0.39, 0.29) is 5.91 Å². The van der Waals surface area contributed by atoms with Gasteiger partial charge in [0.2, 0.25) is 5.91 Å². The van der Waals surface area contributed by atoms with E-state index in [1.165, 1.54) is 3.57 Å². The summed E-state index contributed by atoms with van der Waals surface area (Å²) < 4.78 is 1.19. The van der Waals surface area contributed by atoms with Gasteiger partial charge in [-0.25, -0.2) is 0 Å². The lowest BCUT2D eigenvalue weighted by atomic mass is 9.95. The van der Waals surface area contributed by atoms with Gasteiger partial charge < -0.3 is 10.6 Å². The third-order valence-electron chi connectivity index (χ3n) is 4.87. The second kappa shape index (κ2) is 6.22. The lowest BCUT2D eigenvalue weighted by Crippen LogP contribution is -2.39. The Kier molecular flexibility index (Phi) is 4.51. The Hall–Kier alpha value is -0.660. The molecule has 0 radical (unpaired) electrons. The van der Waals surface area contributed by atoms with Crippen molar-refractivity contribution in [3.05, 3.63) is 27.3 Å². The summed E-state index contributed by atoms with van der Waals surface area (Å²) >= 11 is 2.29. The molecule has 1 aromatic carbocycles. The van der Waals surface area contributed by atoms with Gasteiger partial charge >= 0.3 is 0 Å². The maximum Gasteiger partial charge on any atom is 0.238 e. The molecule has 0 bridgehead atoms. The summed E-state index contributed by atoms with van der Waals surface area (Å²) in [5.41, 5.74) is 2.04. The van der Waals surface area contributed by atoms with E-state index in [0.29, 0.717) is 24.4 Å². The standard InChI is InChI=1S/C16H22IN3O/c1-10-5-13(17)3-4-15(10)19-16(21)9-20-8-12-6-18-7-14(12)11(20)2/h3-5,11-12,14,18H,6-9H2,1-2H3,(H,19,21). The van der Waals surface area contributed by atoms with E-state index in [2.05, 4.69) is 51.1 Å². The number of hydrogen-bond acceptors (Lipinski definition) is 3. The van der Waals surface area contributed by atoms with E-state index in [4.69, 9.17) is 0 Å². The fourth-order valence-corrected chi connectivity index (χ4v) is 4.25. The lowest BCUT2D eigenvalue weighted by molar-refractivity contribution is -0.117. The second-order valence-electron chi connectivity index (χ2n) is 6.26. The fourth-order valence-electron chi connectivity index (χ4n) is 3.61. The number of nitrogens with one attached hydrogen (secondary N) is 2. The number of fused-ring (bicyclic) bond motifs is 1. The average Bonchev–Trinajstić information content (AvgIpc) is 2.98. The van der Waals surface area contributed by atoms with Crippen molar-refractivity contribution in [2.24, 2.45) is 11.8 Å². The minimum atomic E-state index is 0.0964. The quantitative estimate of drug-likeness (QED) is 0.766. The molecular formula is C16H22IN3O. The molecule has 2 saturated heterocycles. The van der Waals surface area contributed by atoms with Crippen LogP contribution in [0, 0.1) is 22.3 Å². The van der Waals surface area contributed by atoms with Gasteiger partial charge in [0.25, 0.3) is 0 Å². The van der Waals surface area contributed by atoms with Gasteiger partial charge in [0.15, 0.2) is 0 Å². The van der Waals surface area contributed by atoms with Gasteiger partial charge in [-0.2, -0.15) is 0 Å². The molecule has 2 fully saturated rings. The molecule has 21 heavy (non-hydrogen) atoms. The highest BCUT2D eigenvalue weighted by Gasteiger charge is 2.42. The topological polar surface area (TPSA) is 44.4 Å². The number of nitrogens with zero attached hydrogens (tertiary/aromatic N) is 1. The van der Waals surface area contributed by atoms with E-state index in [1.54, 1.807) is 0 Å². The summed E-state index contributed by atoms with van der Waals surface area (Å²) in [6.45, 7) is 8.02. The number of hydrogen-bond donors (Lipinski definition) is 2. The van der Waals surface area contributed by atoms with E-state index < -0.39 is 0 Å². The van der Waals surface area contributed by atoms with Crippen LogP contribution in [-0.2, 0) is 4.79 Å². The fraction of sp³-hybridized carbons (Fsp3) is 0.562. The molecule has 1 aromatic rings. The third kappa shape index (κ3) is 3.24. The van der Waals surface area contributed by atoms with Gasteiger partial charge in [0.1, 0.15) is 0 Å². The number of amides is 1. The van der Waals surface area contributed by atoms with Crippen LogP contribution >= 0.6 is 22.6 Å². The van der Waals surface area contributed by atoms with Crippen LogP contribution < -0.4 is 10.6 Å². The van der Waals surface area contributed by atoms with Crippen LogP contribution in [0.25, 0.3) is 0 Å². The van der Waals surface area contributed by atoms with Gasteiger partial charge in [0.05, 0.1) is 6.54 Å². The van der Waals surface area contributed by atoms with Gasteiger partial charge in [-0.1, -0.05) is 0 Å². The van der Waals surface area contributed by atoms with Crippen molar-refractivity contribution in [1.29, 1.82) is 0 Å². The Morgan fingerprint density at radius 1 is 1.48 bits per heavy atom. The van der Waals surface area contributed by atoms with Crippen LogP contribution in [-0.4, -0.2) is 43.0 Å². The Balaban J connectivity index is 1.59. The predicted octanol–water partition coefficient (Wildman–Crippen LogP) is 2.08. The third-order valence-corrected chi connectivity index (χ3v) is 5.54. The van der Waals surface area contributed by atoms with E-state index in [0.717, 1.165) is 30.9 Å². The van der Waals surface area contributed by atoms with Gasteiger partial charge in [-0.15, -0.1) is 0 Å². The summed E-state index contributed by atoms with van der Waals surface area (Å²) in [6, 6.07) is 6.59. The summed E-state index contributed by atoms with van der Waals surface area (Å²) in [5, 5.41) is 6.50. The zero-order chi connectivity index (χ0) is 15.0. The van der Waals surface area contributed by atoms with Crippen LogP contribution in [0.5, 0.6) is 0 Å². The van der Waals surface area contributed by atoms with E-state index in [9.17, 15) is 4.79 Å². The molecule has 2 aliphatic rings. The normalized spacial score (nSPS) is 28.6. The van der Waals surface area contributed by atoms with Crippen LogP contribution in [0.15, 0.2) is 18.2 Å². The largest absolute Gasteiger partial charge is 0.325 e. The summed E-state index contributed by atoms with van der Waals surface area (Å²) in [5.74, 6) is 1.52. The predicted molar refractivity (Wildman–Crippen MR) is 93.4 cm³/mol. The van der Waals surface area contributed by atoms with Crippen LogP contribution in [0.3, 0.4) is 0 Å². The monoisotopic (exact) mass is 399 g/mol. The second-order valence-corrected chi connectivity index (χ2v) is 7.51. The molecule has 4 nitrogen and oxygen atoms in total. The van der Waals surface area contributed by atoms with Crippen LogP contribution in [0.1, 0.15) is 12.5 Å². The molecular weight excluding hydrogens is 377 g/mol. The number of rotatable bonds is 3. The van der Waals surface area contributed by atoms with Crippen LogP contribution in [0.2, 0.25) is 0 Å². The molecule has 2 N–H and O–H groups in total. The van der Waals surface area contributed by atoms with Gasteiger partial charge in [0, 0.05) is 21.8 Å². The molecule has 0 aromatic heterocycles. The molecule has 2 aliphatic heterocycles. The van der Waals surface area contributed by atoms with Gasteiger partial charge in [-0.05, 0) is 85.1 Å². The molecule has 3 rings (SSSR count). The Bertz CT molecular complexity index is 548. The molecule has 114 valence electrons. The zero-order valence-corrected chi connectivity index (χ0v) is 14.7. The van der Waals surface area contributed by atoms with Crippen molar-refractivity contribution in [3.8, 4) is 0 Å². The minimum absolute atomic E-state index is 0.0964. The molecule has 0 saturated carbocycles. The number of anilines is 1. The van der Waals surface area contributed by atoms with Crippen molar-refractivity contribution in [2.45, 2.75) is 19.9 Å². The number of carbonyl (C=O) groups is 1. The number of halogens is 1. The first kappa shape index (κ1) is 15.2. The van der Waals surface area contributed by atoms with Crippen molar-refractivity contribution >= 4 is 34.2 Å². The molecule has 2 heterocycles. The highest BCUT2D eigenvalue weighted by molar-refractivity contribution is 14.1. The lowest BCUT2D eigenvalue weighted by Gasteiger charge is -2.23. The molecule has 5 heteroatoms. The van der Waals surface area contributed by atoms with E-state index >= 15 is 0 Å². The molecule has 3 atom stereocenters. The SMILES string of the molecule is Cc1cc(I)ccc1NC(=O)CN1CC2CNCC2C1C. The number of likely N-dealkylation sites (tertiary alicyclic amines) is 1. The van der Waals surface area contributed by atoms with Crippen LogP contribution in [0.4, 0.5) is 5.69 Å². The first-order valence-electron chi connectivity index (χ1n) is 7.55. The average molecular weight is 399 g/mol. The number of carbonyl (C=O) groups excluding carboxylic acids is 1. The summed E-state index contributed by atoms with van der Waals surface area (Å²) in [6.07, 6.45) is 0. The van der Waals surface area contributed by atoms with Crippen molar-refractivity contribution in [1.82, 2.24) is 10.2 Å². The molecule has 1 amide bonds. The zero-order valence-electron chi connectivity index (χ0n) is 12.5. The van der Waals surface area contributed by atoms with Crippen molar-refractivity contribution in [3.63, 3.8) is 0 Å². The summed E-state index contributed by atoms with van der Waals surface area (Å²) in [7, 11) is 0. The Labute approximate surface area is 139 Å². The van der Waals surface area contributed by atoms with Gasteiger partial charge in [-0.3, -0.25) is 9.69 Å². The molecule has 0 aliphatic carbocycles. The first-order chi connectivity index (χ1) is 10.0. The highest BCUT2D eigenvalue weighted by Crippen LogP contribution is 2.32. The smallest absolute Gasteiger partial charge is 0.238 e. The number of benzene rings is 1. The highest BCUT2D eigenvalue weighted by atomic mass is 127. The first-order valence-corrected chi connectivity index (χ1v) is 8.63. The van der Waals surface area contributed by atoms with E-state index in [1.807, 2.05) is 19.1 Å². The maximum atomic E-state index is 12.3. The Morgan fingerprint density at radius 3 is 3.00 bits per heavy atom. The summed E-state index contributed by atoms with van der Waals surface area (Å²) in [4.78, 5) is 14.6. The molecule has 3 unspecified atom stereocenters. The maximum absolute atomic E-state index is 12.3.